The van der Waals surface area contributed by atoms with Gasteiger partial charge in [-0.25, -0.2) is 9.97 Å². The van der Waals surface area contributed by atoms with Crippen LogP contribution in [0.2, 0.25) is 0 Å². The van der Waals surface area contributed by atoms with Crippen molar-refractivity contribution in [2.45, 2.75) is 13.5 Å². The molecule has 0 spiro atoms. The highest BCUT2D eigenvalue weighted by Gasteiger charge is 2.10. The molecule has 4 aromatic heterocycles. The highest BCUT2D eigenvalue weighted by atomic mass is 16.5. The molecule has 7 nitrogen and oxygen atoms in total. The molecule has 0 fully saturated rings. The van der Waals surface area contributed by atoms with Gasteiger partial charge >= 0.3 is 0 Å². The number of imidazole rings is 1. The SMILES string of the molecule is C=C(/C=C\C(=C)OC)Cn1cc(-c2ccc(-n3ccc4cc(C=O)cnc43)cn2)nc1C. The second kappa shape index (κ2) is 8.85. The van der Waals surface area contributed by atoms with E-state index in [4.69, 9.17) is 4.74 Å². The summed E-state index contributed by atoms with van der Waals surface area (Å²) in [6, 6.07) is 7.66. The zero-order chi connectivity index (χ0) is 22.7. The molecule has 0 atom stereocenters. The largest absolute Gasteiger partial charge is 0.497 e. The molecule has 0 radical (unpaired) electrons. The summed E-state index contributed by atoms with van der Waals surface area (Å²) in [5.41, 5.74) is 4.67. The second-order valence-corrected chi connectivity index (χ2v) is 7.35. The van der Waals surface area contributed by atoms with Gasteiger partial charge in [0.15, 0.2) is 6.29 Å². The number of fused-ring (bicyclic) bond motifs is 1. The first kappa shape index (κ1) is 21.0. The zero-order valence-electron chi connectivity index (χ0n) is 18.0. The molecular formula is C25H23N5O2. The normalized spacial score (nSPS) is 11.2. The number of aryl methyl sites for hydroxylation is 1. The standard InChI is InChI=1S/C25H23N5O2/c1-17(5-6-18(2)32-4)14-29-15-24(28-19(29)3)23-8-7-22(13-26-23)30-10-9-21-11-20(16-31)12-27-25(21)30/h5-13,15-16H,1-2,14H2,3-4H3/b6-5-. The van der Waals surface area contributed by atoms with Gasteiger partial charge in [-0.1, -0.05) is 19.2 Å². The fraction of sp³-hybridized carbons (Fsp3) is 0.120. The van der Waals surface area contributed by atoms with Crippen molar-refractivity contribution in [3.8, 4) is 17.1 Å². The molecule has 0 aliphatic rings. The molecule has 0 amide bonds. The molecule has 32 heavy (non-hydrogen) atoms. The van der Waals surface area contributed by atoms with Crippen molar-refractivity contribution in [3.63, 3.8) is 0 Å². The number of hydrogen-bond acceptors (Lipinski definition) is 5. The molecule has 4 heterocycles. The van der Waals surface area contributed by atoms with Gasteiger partial charge in [0.1, 0.15) is 22.9 Å². The Morgan fingerprint density at radius 2 is 1.97 bits per heavy atom. The summed E-state index contributed by atoms with van der Waals surface area (Å²) in [5, 5.41) is 0.899. The van der Waals surface area contributed by atoms with Crippen LogP contribution < -0.4 is 0 Å². The summed E-state index contributed by atoms with van der Waals surface area (Å²) >= 11 is 0. The molecule has 7 heteroatoms. The second-order valence-electron chi connectivity index (χ2n) is 7.35. The van der Waals surface area contributed by atoms with E-state index in [9.17, 15) is 4.79 Å². The van der Waals surface area contributed by atoms with Crippen LogP contribution in [0.25, 0.3) is 28.1 Å². The fourth-order valence-electron chi connectivity index (χ4n) is 3.34. The molecule has 160 valence electrons. The number of hydrogen-bond donors (Lipinski definition) is 0. The maximum atomic E-state index is 11.0. The van der Waals surface area contributed by atoms with Gasteiger partial charge in [-0.2, -0.15) is 0 Å². The summed E-state index contributed by atoms with van der Waals surface area (Å²) in [6.45, 7) is 10.4. The number of aldehydes is 1. The third-order valence-electron chi connectivity index (χ3n) is 5.09. The first-order valence-corrected chi connectivity index (χ1v) is 10.00. The smallest absolute Gasteiger partial charge is 0.151 e. The number of carbonyl (C=O) groups excluding carboxylic acids is 1. The summed E-state index contributed by atoms with van der Waals surface area (Å²) < 4.78 is 9.01. The Morgan fingerprint density at radius 1 is 1.12 bits per heavy atom. The fourth-order valence-corrected chi connectivity index (χ4v) is 3.34. The van der Waals surface area contributed by atoms with Crippen LogP contribution in [0.4, 0.5) is 0 Å². The van der Waals surface area contributed by atoms with E-state index in [1.54, 1.807) is 25.6 Å². The van der Waals surface area contributed by atoms with Gasteiger partial charge in [-0.05, 0) is 42.8 Å². The van der Waals surface area contributed by atoms with Crippen LogP contribution in [0.15, 0.2) is 85.7 Å². The number of carbonyl (C=O) groups is 1. The molecule has 0 N–H and O–H groups in total. The molecule has 0 aliphatic carbocycles. The van der Waals surface area contributed by atoms with Crippen molar-refractivity contribution in [1.82, 2.24) is 24.1 Å². The summed E-state index contributed by atoms with van der Waals surface area (Å²) in [5.74, 6) is 1.45. The summed E-state index contributed by atoms with van der Waals surface area (Å²) in [4.78, 5) is 24.6. The van der Waals surface area contributed by atoms with Crippen LogP contribution in [0.3, 0.4) is 0 Å². The Kier molecular flexibility index (Phi) is 5.81. The van der Waals surface area contributed by atoms with Gasteiger partial charge in [0.25, 0.3) is 0 Å². The molecular weight excluding hydrogens is 402 g/mol. The first-order valence-electron chi connectivity index (χ1n) is 10.00. The molecule has 0 saturated carbocycles. The molecule has 0 aromatic carbocycles. The van der Waals surface area contributed by atoms with E-state index in [0.29, 0.717) is 17.9 Å². The van der Waals surface area contributed by atoms with Crippen molar-refractivity contribution in [1.29, 1.82) is 0 Å². The third-order valence-corrected chi connectivity index (χ3v) is 5.09. The van der Waals surface area contributed by atoms with Gasteiger partial charge in [-0.3, -0.25) is 14.3 Å². The Balaban J connectivity index is 1.54. The van der Waals surface area contributed by atoms with Crippen LogP contribution in [-0.4, -0.2) is 37.5 Å². The number of ether oxygens (including phenoxy) is 1. The Bertz CT molecular complexity index is 1340. The van der Waals surface area contributed by atoms with Crippen molar-refractivity contribution in [2.24, 2.45) is 0 Å². The molecule has 0 aliphatic heterocycles. The highest BCUT2D eigenvalue weighted by molar-refractivity contribution is 5.85. The lowest BCUT2D eigenvalue weighted by Gasteiger charge is -2.05. The minimum absolute atomic E-state index is 0.552. The number of methoxy groups -OCH3 is 1. The molecule has 0 bridgehead atoms. The third kappa shape index (κ3) is 4.27. The number of pyridine rings is 2. The van der Waals surface area contributed by atoms with E-state index in [-0.39, 0.29) is 0 Å². The number of nitrogens with zero attached hydrogens (tertiary/aromatic N) is 5. The lowest BCUT2D eigenvalue weighted by Crippen LogP contribution is -2.00. The summed E-state index contributed by atoms with van der Waals surface area (Å²) in [7, 11) is 1.58. The maximum absolute atomic E-state index is 11.0. The molecule has 4 aromatic rings. The number of allylic oxidation sites excluding steroid dienone is 3. The minimum Gasteiger partial charge on any atom is -0.497 e. The number of rotatable bonds is 8. The van der Waals surface area contributed by atoms with Crippen molar-refractivity contribution in [3.05, 3.63) is 97.1 Å². The Hall–Kier alpha value is -4.26. The van der Waals surface area contributed by atoms with Gasteiger partial charge in [0, 0.05) is 36.1 Å². The van der Waals surface area contributed by atoms with E-state index in [2.05, 4.69) is 28.1 Å². The van der Waals surface area contributed by atoms with Crippen LogP contribution in [-0.2, 0) is 11.3 Å². The summed E-state index contributed by atoms with van der Waals surface area (Å²) in [6.07, 6.45) is 11.7. The van der Waals surface area contributed by atoms with Crippen molar-refractivity contribution >= 4 is 17.3 Å². The van der Waals surface area contributed by atoms with E-state index >= 15 is 0 Å². The van der Waals surface area contributed by atoms with Gasteiger partial charge in [0.05, 0.1) is 24.7 Å². The van der Waals surface area contributed by atoms with Crippen LogP contribution in [0, 0.1) is 6.92 Å². The van der Waals surface area contributed by atoms with Gasteiger partial charge in [-0.15, -0.1) is 0 Å². The average Bonchev–Trinajstić information content (AvgIpc) is 3.40. The molecule has 0 saturated heterocycles. The van der Waals surface area contributed by atoms with E-state index < -0.39 is 0 Å². The van der Waals surface area contributed by atoms with Crippen LogP contribution in [0.1, 0.15) is 16.2 Å². The Labute approximate surface area is 186 Å². The van der Waals surface area contributed by atoms with E-state index in [0.717, 1.165) is 45.8 Å². The number of aromatic nitrogens is 5. The highest BCUT2D eigenvalue weighted by Crippen LogP contribution is 2.22. The quantitative estimate of drug-likeness (QED) is 0.233. The predicted octanol–water partition coefficient (Wildman–Crippen LogP) is 4.68. The van der Waals surface area contributed by atoms with Crippen LogP contribution >= 0.6 is 0 Å². The van der Waals surface area contributed by atoms with Crippen molar-refractivity contribution < 1.29 is 9.53 Å². The van der Waals surface area contributed by atoms with Gasteiger partial charge in [0.2, 0.25) is 0 Å². The topological polar surface area (TPSA) is 74.8 Å². The lowest BCUT2D eigenvalue weighted by atomic mass is 10.2. The monoisotopic (exact) mass is 425 g/mol. The van der Waals surface area contributed by atoms with Crippen molar-refractivity contribution in [2.75, 3.05) is 7.11 Å². The lowest BCUT2D eigenvalue weighted by molar-refractivity contribution is 0.112. The Morgan fingerprint density at radius 3 is 2.69 bits per heavy atom. The van der Waals surface area contributed by atoms with E-state index in [1.165, 1.54) is 0 Å². The first-order chi connectivity index (χ1) is 15.5. The van der Waals surface area contributed by atoms with Gasteiger partial charge < -0.3 is 9.30 Å². The average molecular weight is 425 g/mol. The van der Waals surface area contributed by atoms with E-state index in [1.807, 2.05) is 58.8 Å². The minimum atomic E-state index is 0.552. The molecule has 4 rings (SSSR count). The zero-order valence-corrected chi connectivity index (χ0v) is 18.0. The maximum Gasteiger partial charge on any atom is 0.151 e. The predicted molar refractivity (Wildman–Crippen MR) is 125 cm³/mol. The van der Waals surface area contributed by atoms with Crippen LogP contribution in [0.5, 0.6) is 0 Å². The molecule has 0 unspecified atom stereocenters.